The molecule has 0 aromatic rings. The molecule has 1 rings (SSSR count). The Labute approximate surface area is 77.2 Å². The second kappa shape index (κ2) is 4.13. The predicted molar refractivity (Wildman–Crippen MR) is 48.4 cm³/mol. The first-order valence-electron chi connectivity index (χ1n) is 4.38. The summed E-state index contributed by atoms with van der Waals surface area (Å²) < 4.78 is 0. The zero-order valence-corrected chi connectivity index (χ0v) is 7.66. The number of aliphatic hydroxyl groups excluding tert-OH is 1. The molecule has 1 atom stereocenters. The fourth-order valence-electron chi connectivity index (χ4n) is 1.16. The second-order valence-corrected chi connectivity index (χ2v) is 2.99. The molecule has 5 heteroatoms. The molecule has 1 aliphatic rings. The minimum atomic E-state index is -0.953. The van der Waals surface area contributed by atoms with E-state index in [0.29, 0.717) is 12.4 Å². The number of carbonyl (C=O) groups excluding carboxylic acids is 1. The molecule has 0 radical (unpaired) electrons. The van der Waals surface area contributed by atoms with Gasteiger partial charge in [-0.25, -0.2) is 4.79 Å². The van der Waals surface area contributed by atoms with Gasteiger partial charge in [0.05, 0.1) is 0 Å². The van der Waals surface area contributed by atoms with Crippen LogP contribution in [0.15, 0.2) is 11.9 Å². The van der Waals surface area contributed by atoms with E-state index < -0.39 is 6.23 Å². The molecule has 74 valence electrons. The number of hydrogen-bond donors (Lipinski definition) is 3. The van der Waals surface area contributed by atoms with E-state index in [2.05, 4.69) is 5.32 Å². The molecule has 13 heavy (non-hydrogen) atoms. The van der Waals surface area contributed by atoms with Crippen molar-refractivity contribution in [1.29, 1.82) is 0 Å². The van der Waals surface area contributed by atoms with Gasteiger partial charge in [-0.1, -0.05) is 13.3 Å². The van der Waals surface area contributed by atoms with Crippen molar-refractivity contribution >= 4 is 6.03 Å². The standard InChI is InChI=1S/C8H15N3O2/c1-2-3-4-11-6(9)5-7(12)10-8(11)13/h5,7,12H,2-4,9H2,1H3,(H,10,13). The average molecular weight is 185 g/mol. The third-order valence-corrected chi connectivity index (χ3v) is 1.89. The highest BCUT2D eigenvalue weighted by molar-refractivity contribution is 5.77. The molecule has 0 bridgehead atoms. The van der Waals surface area contributed by atoms with Gasteiger partial charge in [0, 0.05) is 12.6 Å². The first kappa shape index (κ1) is 9.85. The zero-order valence-electron chi connectivity index (χ0n) is 7.66. The molecule has 1 unspecified atom stereocenters. The van der Waals surface area contributed by atoms with Crippen molar-refractivity contribution < 1.29 is 9.90 Å². The van der Waals surface area contributed by atoms with Crippen LogP contribution in [0.3, 0.4) is 0 Å². The molecular formula is C8H15N3O2. The molecule has 0 aliphatic carbocycles. The highest BCUT2D eigenvalue weighted by Crippen LogP contribution is 2.07. The van der Waals surface area contributed by atoms with Crippen LogP contribution in [0.25, 0.3) is 0 Å². The second-order valence-electron chi connectivity index (χ2n) is 2.99. The summed E-state index contributed by atoms with van der Waals surface area (Å²) in [5.41, 5.74) is 5.57. The monoisotopic (exact) mass is 185 g/mol. The number of unbranched alkanes of at least 4 members (excludes halogenated alkanes) is 1. The predicted octanol–water partition coefficient (Wildman–Crippen LogP) is -0.0698. The van der Waals surface area contributed by atoms with E-state index in [1.165, 1.54) is 11.0 Å². The summed E-state index contributed by atoms with van der Waals surface area (Å²) in [6.45, 7) is 2.63. The molecule has 1 heterocycles. The topological polar surface area (TPSA) is 78.6 Å². The van der Waals surface area contributed by atoms with Crippen LogP contribution >= 0.6 is 0 Å². The number of hydrogen-bond acceptors (Lipinski definition) is 3. The Bertz CT molecular complexity index is 227. The molecule has 0 spiro atoms. The van der Waals surface area contributed by atoms with Gasteiger partial charge in [0.15, 0.2) is 6.23 Å². The lowest BCUT2D eigenvalue weighted by Crippen LogP contribution is -2.50. The number of amides is 2. The molecule has 2 amide bonds. The van der Waals surface area contributed by atoms with Gasteiger partial charge in [-0.3, -0.25) is 4.90 Å². The number of aliphatic hydroxyl groups is 1. The van der Waals surface area contributed by atoms with E-state index >= 15 is 0 Å². The molecular weight excluding hydrogens is 170 g/mol. The average Bonchev–Trinajstić information content (AvgIpc) is 2.02. The van der Waals surface area contributed by atoms with E-state index in [0.717, 1.165) is 12.8 Å². The molecule has 1 aliphatic heterocycles. The van der Waals surface area contributed by atoms with Gasteiger partial charge >= 0.3 is 6.03 Å². The van der Waals surface area contributed by atoms with Crippen LogP contribution in [0.5, 0.6) is 0 Å². The Morgan fingerprint density at radius 3 is 3.00 bits per heavy atom. The minimum absolute atomic E-state index is 0.324. The summed E-state index contributed by atoms with van der Waals surface area (Å²) in [5.74, 6) is 0.324. The van der Waals surface area contributed by atoms with Crippen molar-refractivity contribution in [2.24, 2.45) is 5.73 Å². The smallest absolute Gasteiger partial charge is 0.325 e. The van der Waals surface area contributed by atoms with Gasteiger partial charge in [0.2, 0.25) is 0 Å². The van der Waals surface area contributed by atoms with Crippen LogP contribution < -0.4 is 11.1 Å². The van der Waals surface area contributed by atoms with Crippen LogP contribution in [0, 0.1) is 0 Å². The molecule has 4 N–H and O–H groups in total. The van der Waals surface area contributed by atoms with Gasteiger partial charge in [0.1, 0.15) is 5.82 Å². The first-order chi connectivity index (χ1) is 6.15. The maximum atomic E-state index is 11.3. The third kappa shape index (κ3) is 2.35. The van der Waals surface area contributed by atoms with Gasteiger partial charge in [-0.15, -0.1) is 0 Å². The lowest BCUT2D eigenvalue weighted by molar-refractivity contribution is 0.147. The highest BCUT2D eigenvalue weighted by atomic mass is 16.3. The van der Waals surface area contributed by atoms with Crippen molar-refractivity contribution in [3.05, 3.63) is 11.9 Å². The van der Waals surface area contributed by atoms with E-state index in [1.54, 1.807) is 0 Å². The van der Waals surface area contributed by atoms with Crippen LogP contribution in [0.4, 0.5) is 4.79 Å². The van der Waals surface area contributed by atoms with Crippen LogP contribution in [0.1, 0.15) is 19.8 Å². The Morgan fingerprint density at radius 2 is 2.46 bits per heavy atom. The maximum Gasteiger partial charge on any atom is 0.325 e. The van der Waals surface area contributed by atoms with E-state index in [-0.39, 0.29) is 6.03 Å². The summed E-state index contributed by atoms with van der Waals surface area (Å²) in [5, 5.41) is 11.4. The lowest BCUT2D eigenvalue weighted by Gasteiger charge is -2.28. The zero-order chi connectivity index (χ0) is 9.84. The number of urea groups is 1. The van der Waals surface area contributed by atoms with Crippen molar-refractivity contribution in [2.45, 2.75) is 26.0 Å². The number of nitrogens with zero attached hydrogens (tertiary/aromatic N) is 1. The Balaban J connectivity index is 2.61. The molecule has 0 aromatic heterocycles. The molecule has 0 aromatic carbocycles. The Morgan fingerprint density at radius 1 is 1.77 bits per heavy atom. The van der Waals surface area contributed by atoms with E-state index in [1.807, 2.05) is 6.92 Å². The highest BCUT2D eigenvalue weighted by Gasteiger charge is 2.22. The number of carbonyl (C=O) groups is 1. The van der Waals surface area contributed by atoms with E-state index in [4.69, 9.17) is 10.8 Å². The van der Waals surface area contributed by atoms with Crippen molar-refractivity contribution in [1.82, 2.24) is 10.2 Å². The summed E-state index contributed by atoms with van der Waals surface area (Å²) in [6, 6.07) is -0.332. The van der Waals surface area contributed by atoms with Gasteiger partial charge < -0.3 is 16.2 Å². The van der Waals surface area contributed by atoms with Crippen LogP contribution in [0.2, 0.25) is 0 Å². The van der Waals surface area contributed by atoms with Gasteiger partial charge in [-0.2, -0.15) is 0 Å². The quantitative estimate of drug-likeness (QED) is 0.576. The fourth-order valence-corrected chi connectivity index (χ4v) is 1.16. The fraction of sp³-hybridized carbons (Fsp3) is 0.625. The summed E-state index contributed by atoms with van der Waals surface area (Å²) in [6.07, 6.45) is 2.36. The first-order valence-corrected chi connectivity index (χ1v) is 4.38. The van der Waals surface area contributed by atoms with E-state index in [9.17, 15) is 4.79 Å². The van der Waals surface area contributed by atoms with Crippen LogP contribution in [-0.4, -0.2) is 28.8 Å². The third-order valence-electron chi connectivity index (χ3n) is 1.89. The Hall–Kier alpha value is -1.23. The Kier molecular flexibility index (Phi) is 3.13. The molecule has 5 nitrogen and oxygen atoms in total. The van der Waals surface area contributed by atoms with Gasteiger partial charge in [0.25, 0.3) is 0 Å². The number of rotatable bonds is 3. The maximum absolute atomic E-state index is 11.3. The molecule has 0 saturated carbocycles. The van der Waals surface area contributed by atoms with Crippen molar-refractivity contribution in [2.75, 3.05) is 6.54 Å². The summed E-state index contributed by atoms with van der Waals surface area (Å²) in [4.78, 5) is 12.7. The summed E-state index contributed by atoms with van der Waals surface area (Å²) >= 11 is 0. The normalized spacial score (nSPS) is 22.6. The largest absolute Gasteiger partial charge is 0.385 e. The van der Waals surface area contributed by atoms with Crippen molar-refractivity contribution in [3.63, 3.8) is 0 Å². The SMILES string of the molecule is CCCCN1C(=O)NC(O)C=C1N. The number of nitrogens with one attached hydrogen (secondary N) is 1. The minimum Gasteiger partial charge on any atom is -0.385 e. The van der Waals surface area contributed by atoms with Crippen molar-refractivity contribution in [3.8, 4) is 0 Å². The molecule has 0 fully saturated rings. The molecule has 0 saturated heterocycles. The number of nitrogens with two attached hydrogens (primary N) is 1. The summed E-state index contributed by atoms with van der Waals surface area (Å²) in [7, 11) is 0. The van der Waals surface area contributed by atoms with Gasteiger partial charge in [-0.05, 0) is 6.42 Å². The lowest BCUT2D eigenvalue weighted by atomic mass is 10.3. The van der Waals surface area contributed by atoms with Crippen LogP contribution in [-0.2, 0) is 0 Å².